The SMILES string of the molecule is Cc1c(Cl)nnc2c1nc(C)n2[C@@H]1CCCN(C)C1. The van der Waals surface area contributed by atoms with Gasteiger partial charge in [0.25, 0.3) is 0 Å². The maximum atomic E-state index is 6.03. The molecule has 0 saturated carbocycles. The van der Waals surface area contributed by atoms with E-state index < -0.39 is 0 Å². The molecule has 6 heteroatoms. The molecule has 0 unspecified atom stereocenters. The molecular formula is C13H18ClN5. The lowest BCUT2D eigenvalue weighted by molar-refractivity contribution is 0.212. The zero-order valence-corrected chi connectivity index (χ0v) is 12.3. The van der Waals surface area contributed by atoms with Gasteiger partial charge in [-0.25, -0.2) is 4.98 Å². The molecule has 0 aliphatic carbocycles. The Morgan fingerprint density at radius 2 is 2.05 bits per heavy atom. The van der Waals surface area contributed by atoms with Gasteiger partial charge in [0.05, 0.1) is 0 Å². The Morgan fingerprint density at radius 1 is 1.26 bits per heavy atom. The number of likely N-dealkylation sites (N-methyl/N-ethyl adjacent to an activating group) is 1. The van der Waals surface area contributed by atoms with Crippen LogP contribution >= 0.6 is 11.6 Å². The quantitative estimate of drug-likeness (QED) is 0.804. The van der Waals surface area contributed by atoms with Crippen molar-refractivity contribution < 1.29 is 0 Å². The van der Waals surface area contributed by atoms with Crippen LogP contribution in [0.1, 0.15) is 30.3 Å². The van der Waals surface area contributed by atoms with Gasteiger partial charge in [0.1, 0.15) is 11.3 Å². The van der Waals surface area contributed by atoms with Crippen LogP contribution in [0, 0.1) is 13.8 Å². The molecule has 3 heterocycles. The predicted octanol–water partition coefficient (Wildman–Crippen LogP) is 2.36. The number of piperidine rings is 1. The third kappa shape index (κ3) is 2.11. The van der Waals surface area contributed by atoms with Crippen LogP contribution < -0.4 is 0 Å². The summed E-state index contributed by atoms with van der Waals surface area (Å²) < 4.78 is 2.22. The van der Waals surface area contributed by atoms with Crippen molar-refractivity contribution in [1.82, 2.24) is 24.6 Å². The van der Waals surface area contributed by atoms with Crippen molar-refractivity contribution in [3.8, 4) is 0 Å². The van der Waals surface area contributed by atoms with E-state index in [4.69, 9.17) is 11.6 Å². The minimum atomic E-state index is 0.429. The monoisotopic (exact) mass is 279 g/mol. The number of hydrogen-bond donors (Lipinski definition) is 0. The number of nitrogens with zero attached hydrogens (tertiary/aromatic N) is 5. The van der Waals surface area contributed by atoms with E-state index in [0.29, 0.717) is 11.2 Å². The lowest BCUT2D eigenvalue weighted by atomic mass is 10.1. The molecule has 1 aliphatic rings. The Balaban J connectivity index is 2.13. The first kappa shape index (κ1) is 12.8. The van der Waals surface area contributed by atoms with Gasteiger partial charge in [-0.05, 0) is 40.3 Å². The van der Waals surface area contributed by atoms with Crippen molar-refractivity contribution in [2.45, 2.75) is 32.7 Å². The largest absolute Gasteiger partial charge is 0.307 e. The summed E-state index contributed by atoms with van der Waals surface area (Å²) in [6, 6.07) is 0.429. The second-order valence-electron chi connectivity index (χ2n) is 5.38. The van der Waals surface area contributed by atoms with Gasteiger partial charge in [-0.2, -0.15) is 0 Å². The molecule has 19 heavy (non-hydrogen) atoms. The molecule has 0 bridgehead atoms. The van der Waals surface area contributed by atoms with Crippen LogP contribution in [0.2, 0.25) is 5.15 Å². The molecule has 1 aliphatic heterocycles. The van der Waals surface area contributed by atoms with Crippen LogP contribution in [0.25, 0.3) is 11.2 Å². The number of aromatic nitrogens is 4. The molecule has 3 rings (SSSR count). The first-order valence-corrected chi connectivity index (χ1v) is 7.01. The van der Waals surface area contributed by atoms with Crippen molar-refractivity contribution in [2.75, 3.05) is 20.1 Å². The molecule has 0 N–H and O–H groups in total. The lowest BCUT2D eigenvalue weighted by Crippen LogP contribution is -2.34. The van der Waals surface area contributed by atoms with Crippen molar-refractivity contribution in [1.29, 1.82) is 0 Å². The Labute approximate surface area is 117 Å². The molecule has 1 fully saturated rings. The average Bonchev–Trinajstić information content (AvgIpc) is 2.71. The van der Waals surface area contributed by atoms with Crippen LogP contribution in [0.4, 0.5) is 0 Å². The molecule has 0 aromatic carbocycles. The number of fused-ring (bicyclic) bond motifs is 1. The van der Waals surface area contributed by atoms with E-state index in [1.807, 2.05) is 13.8 Å². The van der Waals surface area contributed by atoms with Gasteiger partial charge in [-0.3, -0.25) is 0 Å². The molecule has 1 saturated heterocycles. The smallest absolute Gasteiger partial charge is 0.183 e. The highest BCUT2D eigenvalue weighted by atomic mass is 35.5. The first-order valence-electron chi connectivity index (χ1n) is 6.63. The second-order valence-corrected chi connectivity index (χ2v) is 5.73. The number of imidazole rings is 1. The fraction of sp³-hybridized carbons (Fsp3) is 0.615. The lowest BCUT2D eigenvalue weighted by Gasteiger charge is -2.31. The molecule has 0 spiro atoms. The van der Waals surface area contributed by atoms with Gasteiger partial charge in [0, 0.05) is 18.2 Å². The maximum Gasteiger partial charge on any atom is 0.183 e. The summed E-state index contributed by atoms with van der Waals surface area (Å²) in [6.45, 7) is 6.18. The third-order valence-electron chi connectivity index (χ3n) is 3.92. The van der Waals surface area contributed by atoms with E-state index in [0.717, 1.165) is 29.1 Å². The normalized spacial score (nSPS) is 21.2. The molecule has 0 amide bonds. The van der Waals surface area contributed by atoms with E-state index in [2.05, 4.69) is 31.7 Å². The Kier molecular flexibility index (Phi) is 3.19. The molecule has 0 radical (unpaired) electrons. The van der Waals surface area contributed by atoms with Gasteiger partial charge in [0.15, 0.2) is 10.8 Å². The molecule has 102 valence electrons. The molecule has 5 nitrogen and oxygen atoms in total. The summed E-state index contributed by atoms with van der Waals surface area (Å²) in [5, 5.41) is 8.74. The molecule has 2 aromatic rings. The summed E-state index contributed by atoms with van der Waals surface area (Å²) in [4.78, 5) is 6.99. The van der Waals surface area contributed by atoms with E-state index in [-0.39, 0.29) is 0 Å². The highest BCUT2D eigenvalue weighted by Crippen LogP contribution is 2.28. The van der Waals surface area contributed by atoms with Crippen molar-refractivity contribution >= 4 is 22.8 Å². The van der Waals surface area contributed by atoms with E-state index in [9.17, 15) is 0 Å². The van der Waals surface area contributed by atoms with E-state index in [1.165, 1.54) is 19.4 Å². The summed E-state index contributed by atoms with van der Waals surface area (Å²) in [5.41, 5.74) is 2.66. The van der Waals surface area contributed by atoms with Crippen LogP contribution in [-0.2, 0) is 0 Å². The Morgan fingerprint density at radius 3 is 2.79 bits per heavy atom. The summed E-state index contributed by atoms with van der Waals surface area (Å²) in [7, 11) is 2.16. The van der Waals surface area contributed by atoms with Crippen molar-refractivity contribution in [3.05, 3.63) is 16.5 Å². The number of halogens is 1. The Bertz CT molecular complexity index is 621. The van der Waals surface area contributed by atoms with Gasteiger partial charge in [-0.1, -0.05) is 11.6 Å². The fourth-order valence-electron chi connectivity index (χ4n) is 2.93. The zero-order chi connectivity index (χ0) is 13.6. The van der Waals surface area contributed by atoms with Gasteiger partial charge in [0.2, 0.25) is 0 Å². The van der Waals surface area contributed by atoms with Crippen LogP contribution in [0.15, 0.2) is 0 Å². The third-order valence-corrected chi connectivity index (χ3v) is 4.28. The standard InChI is InChI=1S/C13H18ClN5/c1-8-11-13(17-16-12(8)14)19(9(2)15-11)10-5-4-6-18(3)7-10/h10H,4-7H2,1-3H3/t10-/m1/s1. The predicted molar refractivity (Wildman–Crippen MR) is 75.6 cm³/mol. The maximum absolute atomic E-state index is 6.03. The summed E-state index contributed by atoms with van der Waals surface area (Å²) >= 11 is 6.03. The molecular weight excluding hydrogens is 262 g/mol. The topological polar surface area (TPSA) is 46.8 Å². The van der Waals surface area contributed by atoms with E-state index >= 15 is 0 Å². The summed E-state index contributed by atoms with van der Waals surface area (Å²) in [5.74, 6) is 0.995. The number of likely N-dealkylation sites (tertiary alicyclic amines) is 1. The minimum Gasteiger partial charge on any atom is -0.307 e. The summed E-state index contributed by atoms with van der Waals surface area (Å²) in [6.07, 6.45) is 2.38. The minimum absolute atomic E-state index is 0.429. The van der Waals surface area contributed by atoms with Crippen LogP contribution in [-0.4, -0.2) is 44.8 Å². The van der Waals surface area contributed by atoms with Gasteiger partial charge < -0.3 is 9.47 Å². The van der Waals surface area contributed by atoms with Gasteiger partial charge in [-0.15, -0.1) is 10.2 Å². The molecule has 1 atom stereocenters. The van der Waals surface area contributed by atoms with Crippen molar-refractivity contribution in [2.24, 2.45) is 0 Å². The average molecular weight is 280 g/mol. The van der Waals surface area contributed by atoms with Crippen LogP contribution in [0.3, 0.4) is 0 Å². The highest BCUT2D eigenvalue weighted by molar-refractivity contribution is 6.30. The number of hydrogen-bond acceptors (Lipinski definition) is 4. The molecule has 2 aromatic heterocycles. The first-order chi connectivity index (χ1) is 9.08. The number of rotatable bonds is 1. The van der Waals surface area contributed by atoms with Crippen LogP contribution in [0.5, 0.6) is 0 Å². The highest BCUT2D eigenvalue weighted by Gasteiger charge is 2.24. The Hall–Kier alpha value is -1.20. The van der Waals surface area contributed by atoms with Crippen molar-refractivity contribution in [3.63, 3.8) is 0 Å². The van der Waals surface area contributed by atoms with E-state index in [1.54, 1.807) is 0 Å². The fourth-order valence-corrected chi connectivity index (χ4v) is 3.06. The zero-order valence-electron chi connectivity index (χ0n) is 11.5. The second kappa shape index (κ2) is 4.72. The number of aryl methyl sites for hydroxylation is 2. The van der Waals surface area contributed by atoms with Gasteiger partial charge >= 0.3 is 0 Å².